The Morgan fingerprint density at radius 2 is 1.63 bits per heavy atom. The number of carbonyl (C=O) groups is 1. The number of nitro groups is 2. The van der Waals surface area contributed by atoms with Crippen LogP contribution in [0.5, 0.6) is 0 Å². The molecule has 1 fully saturated rings. The number of ether oxygens (including phenoxy) is 2. The molecule has 0 radical (unpaired) electrons. The van der Waals surface area contributed by atoms with Crippen molar-refractivity contribution in [3.63, 3.8) is 0 Å². The molecule has 17 nitrogen and oxygen atoms in total. The summed E-state index contributed by atoms with van der Waals surface area (Å²) in [6, 6.07) is 1.44. The van der Waals surface area contributed by atoms with Gasteiger partial charge >= 0.3 is 0 Å². The van der Waals surface area contributed by atoms with Gasteiger partial charge in [0.05, 0.1) is 53.8 Å². The molecule has 38 heavy (non-hydrogen) atoms. The number of amides is 1. The minimum atomic E-state index is -3.93. The van der Waals surface area contributed by atoms with Gasteiger partial charge in [0.2, 0.25) is 0 Å². The quantitative estimate of drug-likeness (QED) is 0.174. The van der Waals surface area contributed by atoms with E-state index in [2.05, 4.69) is 13.7 Å². The third kappa shape index (κ3) is 9.72. The van der Waals surface area contributed by atoms with Crippen LogP contribution in [0.4, 0.5) is 17.1 Å². The van der Waals surface area contributed by atoms with Crippen LogP contribution in [-0.2, 0) is 38.1 Å². The molecular formula is C19H28N4O13S2. The second kappa shape index (κ2) is 12.3. The topological polar surface area (TPSA) is 224 Å². The molecule has 1 aliphatic heterocycles. The molecule has 1 aromatic rings. The smallest absolute Gasteiger partial charge is 0.300 e. The largest absolute Gasteiger partial charge is 0.361 e. The second-order valence-corrected chi connectivity index (χ2v) is 11.9. The number of carbonyl (C=O) groups excluding carboxylic acids is 1. The van der Waals surface area contributed by atoms with Crippen molar-refractivity contribution >= 4 is 43.2 Å². The van der Waals surface area contributed by atoms with E-state index >= 15 is 0 Å². The molecule has 1 saturated heterocycles. The van der Waals surface area contributed by atoms with Gasteiger partial charge in [0, 0.05) is 25.7 Å². The fourth-order valence-corrected chi connectivity index (χ4v) is 4.21. The molecule has 1 heterocycles. The molecule has 0 bridgehead atoms. The molecule has 214 valence electrons. The minimum Gasteiger partial charge on any atom is -0.361 e. The van der Waals surface area contributed by atoms with E-state index in [-0.39, 0.29) is 13.2 Å². The molecule has 1 atom stereocenters. The van der Waals surface area contributed by atoms with Crippen molar-refractivity contribution in [2.45, 2.75) is 25.7 Å². The molecule has 1 N–H and O–H groups in total. The van der Waals surface area contributed by atoms with E-state index in [1.807, 2.05) is 0 Å². The Labute approximate surface area is 218 Å². The molecule has 19 heteroatoms. The van der Waals surface area contributed by atoms with Crippen molar-refractivity contribution in [2.24, 2.45) is 0 Å². The summed E-state index contributed by atoms with van der Waals surface area (Å²) in [6.07, 6.45) is 0.967. The highest BCUT2D eigenvalue weighted by Crippen LogP contribution is 2.36. The summed E-state index contributed by atoms with van der Waals surface area (Å²) < 4.78 is 66.0. The van der Waals surface area contributed by atoms with Crippen LogP contribution in [0.2, 0.25) is 0 Å². The number of rotatable bonds is 14. The standard InChI is InChI=1S/C19H28N4O13S2/c1-19(2)33-12-14(36-19)11-20-18(24)15-9-13(22(25)26)10-16(23(27)28)17(15)21(5-7-34-37(3,29)30)6-8-35-38(4,31)32/h9-10,14H,5-8,11-12H2,1-4H3,(H,20,24). The number of hydrogen-bond acceptors (Lipinski definition) is 14. The Bertz CT molecular complexity index is 1240. The Balaban J connectivity index is 2.51. The third-order valence-electron chi connectivity index (χ3n) is 4.92. The fourth-order valence-electron chi connectivity index (χ4n) is 3.45. The van der Waals surface area contributed by atoms with Crippen LogP contribution >= 0.6 is 0 Å². The third-order valence-corrected chi connectivity index (χ3v) is 6.11. The van der Waals surface area contributed by atoms with Crippen LogP contribution in [-0.4, -0.2) is 96.4 Å². The molecule has 1 aliphatic rings. The van der Waals surface area contributed by atoms with Gasteiger partial charge in [0.25, 0.3) is 37.5 Å². The first kappa shape index (κ1) is 31.2. The average Bonchev–Trinajstić information content (AvgIpc) is 3.12. The van der Waals surface area contributed by atoms with E-state index in [9.17, 15) is 41.9 Å². The van der Waals surface area contributed by atoms with Crippen molar-refractivity contribution in [1.82, 2.24) is 5.32 Å². The number of benzene rings is 1. The lowest BCUT2D eigenvalue weighted by molar-refractivity contribution is -0.393. The lowest BCUT2D eigenvalue weighted by Crippen LogP contribution is -2.37. The van der Waals surface area contributed by atoms with Crippen LogP contribution < -0.4 is 10.2 Å². The Morgan fingerprint density at radius 3 is 2.05 bits per heavy atom. The Kier molecular flexibility index (Phi) is 10.1. The summed E-state index contributed by atoms with van der Waals surface area (Å²) in [5.74, 6) is -1.85. The van der Waals surface area contributed by atoms with E-state index in [0.717, 1.165) is 23.5 Å². The molecule has 0 aromatic heterocycles. The monoisotopic (exact) mass is 584 g/mol. The van der Waals surface area contributed by atoms with Gasteiger partial charge in [0.15, 0.2) is 5.79 Å². The van der Waals surface area contributed by atoms with Crippen LogP contribution in [0.1, 0.15) is 24.2 Å². The highest BCUT2D eigenvalue weighted by molar-refractivity contribution is 7.86. The first-order chi connectivity index (χ1) is 17.4. The number of anilines is 1. The fraction of sp³-hybridized carbons (Fsp3) is 0.632. The Morgan fingerprint density at radius 1 is 1.08 bits per heavy atom. The van der Waals surface area contributed by atoms with Crippen molar-refractivity contribution in [2.75, 3.05) is 56.9 Å². The number of nitrogens with one attached hydrogen (secondary N) is 1. The number of non-ortho nitro benzene ring substituents is 1. The minimum absolute atomic E-state index is 0.105. The highest BCUT2D eigenvalue weighted by atomic mass is 32.2. The molecule has 0 aliphatic carbocycles. The maximum Gasteiger partial charge on any atom is 0.300 e. The normalized spacial score (nSPS) is 17.2. The SMILES string of the molecule is CC1(C)OCC(CNC(=O)c2cc([N+](=O)[O-])cc([N+](=O)[O-])c2N(CCOS(C)(=O)=O)CCOS(C)(=O)=O)O1. The van der Waals surface area contributed by atoms with E-state index in [1.54, 1.807) is 13.8 Å². The van der Waals surface area contributed by atoms with Gasteiger partial charge in [0.1, 0.15) is 11.8 Å². The summed E-state index contributed by atoms with van der Waals surface area (Å²) in [6.45, 7) is 1.46. The van der Waals surface area contributed by atoms with Crippen LogP contribution in [0.3, 0.4) is 0 Å². The summed E-state index contributed by atoms with van der Waals surface area (Å²) in [7, 11) is -7.85. The lowest BCUT2D eigenvalue weighted by Gasteiger charge is -2.26. The maximum absolute atomic E-state index is 13.2. The van der Waals surface area contributed by atoms with E-state index < -0.39 is 96.8 Å². The van der Waals surface area contributed by atoms with Crippen LogP contribution in [0.25, 0.3) is 0 Å². The van der Waals surface area contributed by atoms with Crippen molar-refractivity contribution in [1.29, 1.82) is 0 Å². The number of nitrogens with zero attached hydrogens (tertiary/aromatic N) is 3. The van der Waals surface area contributed by atoms with Crippen LogP contribution in [0, 0.1) is 20.2 Å². The summed E-state index contributed by atoms with van der Waals surface area (Å²) in [5, 5.41) is 25.9. The zero-order valence-corrected chi connectivity index (χ0v) is 22.6. The van der Waals surface area contributed by atoms with E-state index in [0.29, 0.717) is 6.07 Å². The Hall–Kier alpha value is -2.97. The van der Waals surface area contributed by atoms with Gasteiger partial charge in [-0.25, -0.2) is 0 Å². The molecule has 2 rings (SSSR count). The van der Waals surface area contributed by atoms with E-state index in [1.165, 1.54) is 0 Å². The van der Waals surface area contributed by atoms with Crippen molar-refractivity contribution in [3.8, 4) is 0 Å². The van der Waals surface area contributed by atoms with Crippen molar-refractivity contribution < 1.29 is 49.3 Å². The maximum atomic E-state index is 13.2. The molecule has 0 spiro atoms. The van der Waals surface area contributed by atoms with Crippen LogP contribution in [0.15, 0.2) is 12.1 Å². The number of nitro benzene ring substituents is 2. The predicted molar refractivity (Wildman–Crippen MR) is 131 cm³/mol. The van der Waals surface area contributed by atoms with Crippen molar-refractivity contribution in [3.05, 3.63) is 37.9 Å². The first-order valence-corrected chi connectivity index (χ1v) is 14.5. The number of hydrogen-bond donors (Lipinski definition) is 1. The highest BCUT2D eigenvalue weighted by Gasteiger charge is 2.34. The second-order valence-electron chi connectivity index (χ2n) is 8.58. The zero-order valence-electron chi connectivity index (χ0n) is 20.9. The first-order valence-electron chi connectivity index (χ1n) is 10.9. The van der Waals surface area contributed by atoms with Gasteiger partial charge in [-0.2, -0.15) is 16.8 Å². The van der Waals surface area contributed by atoms with Gasteiger partial charge < -0.3 is 19.7 Å². The van der Waals surface area contributed by atoms with Gasteiger partial charge in [-0.05, 0) is 13.8 Å². The molecule has 1 unspecified atom stereocenters. The average molecular weight is 585 g/mol. The van der Waals surface area contributed by atoms with Gasteiger partial charge in [-0.1, -0.05) is 0 Å². The van der Waals surface area contributed by atoms with E-state index in [4.69, 9.17) is 9.47 Å². The summed E-state index contributed by atoms with van der Waals surface area (Å²) >= 11 is 0. The lowest BCUT2D eigenvalue weighted by atomic mass is 10.1. The predicted octanol–water partition coefficient (Wildman–Crippen LogP) is 0.143. The molecule has 0 saturated carbocycles. The molecule has 1 aromatic carbocycles. The summed E-state index contributed by atoms with van der Waals surface area (Å²) in [4.78, 5) is 35.7. The zero-order chi connectivity index (χ0) is 28.9. The molecular weight excluding hydrogens is 556 g/mol. The van der Waals surface area contributed by atoms with Gasteiger partial charge in [-0.3, -0.25) is 33.4 Å². The summed E-state index contributed by atoms with van der Waals surface area (Å²) in [5.41, 5.74) is -2.55. The van der Waals surface area contributed by atoms with Gasteiger partial charge in [-0.15, -0.1) is 0 Å². The molecule has 1 amide bonds.